The molecule has 1 aliphatic rings. The number of nitrogens with two attached hydrogens (primary N) is 1. The summed E-state index contributed by atoms with van der Waals surface area (Å²) in [6, 6.07) is 11.5. The molecule has 0 amide bonds. The van der Waals surface area contributed by atoms with Gasteiger partial charge in [0.25, 0.3) is 0 Å². The highest BCUT2D eigenvalue weighted by Gasteiger charge is 2.26. The summed E-state index contributed by atoms with van der Waals surface area (Å²) in [5.74, 6) is 0.855. The van der Waals surface area contributed by atoms with E-state index < -0.39 is 0 Å². The lowest BCUT2D eigenvalue weighted by Crippen LogP contribution is -2.24. The monoisotopic (exact) mass is 293 g/mol. The van der Waals surface area contributed by atoms with Gasteiger partial charge in [0.1, 0.15) is 11.9 Å². The van der Waals surface area contributed by atoms with Gasteiger partial charge < -0.3 is 10.5 Å². The van der Waals surface area contributed by atoms with Gasteiger partial charge in [-0.15, -0.1) is 0 Å². The van der Waals surface area contributed by atoms with E-state index in [1.54, 1.807) is 0 Å². The molecule has 0 bridgehead atoms. The molecular formula is C15H13Cl2NO. The second-order valence-electron chi connectivity index (χ2n) is 4.60. The predicted octanol–water partition coefficient (Wildman–Crippen LogP) is 3.92. The largest absolute Gasteiger partial charge is 0.488 e. The number of benzene rings is 2. The van der Waals surface area contributed by atoms with Gasteiger partial charge in [0.05, 0.1) is 0 Å². The van der Waals surface area contributed by atoms with Gasteiger partial charge in [-0.1, -0.05) is 41.4 Å². The summed E-state index contributed by atoms with van der Waals surface area (Å²) in [5.41, 5.74) is 8.65. The van der Waals surface area contributed by atoms with Gasteiger partial charge in [-0.25, -0.2) is 0 Å². The fourth-order valence-electron chi connectivity index (χ4n) is 2.41. The van der Waals surface area contributed by atoms with Gasteiger partial charge >= 0.3 is 0 Å². The van der Waals surface area contributed by atoms with Gasteiger partial charge in [-0.2, -0.15) is 0 Å². The molecule has 0 saturated heterocycles. The first-order valence-corrected chi connectivity index (χ1v) is 6.88. The smallest absolute Gasteiger partial charge is 0.131 e. The van der Waals surface area contributed by atoms with Crippen molar-refractivity contribution in [1.82, 2.24) is 0 Å². The van der Waals surface area contributed by atoms with Crippen molar-refractivity contribution in [2.75, 3.05) is 6.54 Å². The van der Waals surface area contributed by atoms with Gasteiger partial charge in [0.15, 0.2) is 0 Å². The Morgan fingerprint density at radius 2 is 1.95 bits per heavy atom. The summed E-state index contributed by atoms with van der Waals surface area (Å²) in [6.07, 6.45) is 0.818. The summed E-state index contributed by atoms with van der Waals surface area (Å²) >= 11 is 12.5. The molecule has 19 heavy (non-hydrogen) atoms. The van der Waals surface area contributed by atoms with Crippen LogP contribution in [-0.4, -0.2) is 12.6 Å². The lowest BCUT2D eigenvalue weighted by molar-refractivity contribution is 0.242. The van der Waals surface area contributed by atoms with Gasteiger partial charge in [-0.05, 0) is 23.8 Å². The maximum absolute atomic E-state index is 6.26. The molecule has 1 heterocycles. The molecule has 0 radical (unpaired) electrons. The summed E-state index contributed by atoms with van der Waals surface area (Å²) in [6.45, 7) is 0.494. The van der Waals surface area contributed by atoms with E-state index in [4.69, 9.17) is 33.7 Å². The molecule has 2 nitrogen and oxygen atoms in total. The van der Waals surface area contributed by atoms with Crippen LogP contribution in [0.1, 0.15) is 5.56 Å². The van der Waals surface area contributed by atoms with Crippen LogP contribution in [0.4, 0.5) is 0 Å². The van der Waals surface area contributed by atoms with Gasteiger partial charge in [-0.3, -0.25) is 0 Å². The second-order valence-corrected chi connectivity index (χ2v) is 5.44. The number of hydrogen-bond donors (Lipinski definition) is 1. The Labute approximate surface area is 122 Å². The molecule has 4 heteroatoms. The third-order valence-corrected chi connectivity index (χ3v) is 3.84. The third kappa shape index (κ3) is 2.32. The molecule has 2 N–H and O–H groups in total. The maximum atomic E-state index is 6.26. The first-order chi connectivity index (χ1) is 9.19. The highest BCUT2D eigenvalue weighted by molar-refractivity contribution is 6.34. The summed E-state index contributed by atoms with van der Waals surface area (Å²) in [5, 5.41) is 1.38. The zero-order valence-electron chi connectivity index (χ0n) is 10.2. The standard InChI is InChI=1S/C15H13Cl2NO/c16-10-5-9-6-11(8-18)19-15(9)13(7-10)12-3-1-2-4-14(12)17/h1-5,7,11H,6,8,18H2/t11-/m1/s1. The number of rotatable bonds is 2. The van der Waals surface area contributed by atoms with E-state index in [1.807, 2.05) is 36.4 Å². The van der Waals surface area contributed by atoms with Crippen molar-refractivity contribution in [3.8, 4) is 16.9 Å². The van der Waals surface area contributed by atoms with Crippen LogP contribution in [0.3, 0.4) is 0 Å². The van der Waals surface area contributed by atoms with Crippen molar-refractivity contribution >= 4 is 23.2 Å². The molecule has 2 aromatic carbocycles. The molecule has 0 aromatic heterocycles. The molecular weight excluding hydrogens is 281 g/mol. The summed E-state index contributed by atoms with van der Waals surface area (Å²) in [4.78, 5) is 0. The van der Waals surface area contributed by atoms with Crippen LogP contribution in [-0.2, 0) is 6.42 Å². The van der Waals surface area contributed by atoms with E-state index in [-0.39, 0.29) is 6.10 Å². The number of fused-ring (bicyclic) bond motifs is 1. The lowest BCUT2D eigenvalue weighted by Gasteiger charge is -2.12. The quantitative estimate of drug-likeness (QED) is 0.911. The molecule has 0 fully saturated rings. The highest BCUT2D eigenvalue weighted by Crippen LogP contribution is 2.42. The van der Waals surface area contributed by atoms with Crippen LogP contribution in [0.15, 0.2) is 36.4 Å². The fraction of sp³-hybridized carbons (Fsp3) is 0.200. The molecule has 0 unspecified atom stereocenters. The van der Waals surface area contributed by atoms with E-state index in [1.165, 1.54) is 0 Å². The SMILES string of the molecule is NC[C@H]1Cc2cc(Cl)cc(-c3ccccc3Cl)c2O1. The van der Waals surface area contributed by atoms with Crippen molar-refractivity contribution in [1.29, 1.82) is 0 Å². The van der Waals surface area contributed by atoms with E-state index >= 15 is 0 Å². The molecule has 1 aliphatic heterocycles. The Bertz CT molecular complexity index is 628. The lowest BCUT2D eigenvalue weighted by atomic mass is 10.0. The molecule has 2 aromatic rings. The number of halogens is 2. The van der Waals surface area contributed by atoms with Gasteiger partial charge in [0, 0.05) is 34.1 Å². The Morgan fingerprint density at radius 3 is 2.68 bits per heavy atom. The van der Waals surface area contributed by atoms with Crippen molar-refractivity contribution in [2.45, 2.75) is 12.5 Å². The van der Waals surface area contributed by atoms with E-state index in [2.05, 4.69) is 0 Å². The number of hydrogen-bond acceptors (Lipinski definition) is 2. The number of ether oxygens (including phenoxy) is 1. The molecule has 0 saturated carbocycles. The first kappa shape index (κ1) is 12.8. The average Bonchev–Trinajstić information content (AvgIpc) is 2.81. The Kier molecular flexibility index (Phi) is 3.40. The van der Waals surface area contributed by atoms with Crippen LogP contribution in [0.25, 0.3) is 11.1 Å². The fourth-order valence-corrected chi connectivity index (χ4v) is 2.88. The van der Waals surface area contributed by atoms with Crippen LogP contribution >= 0.6 is 23.2 Å². The Balaban J connectivity index is 2.16. The minimum Gasteiger partial charge on any atom is -0.488 e. The van der Waals surface area contributed by atoms with E-state index in [0.717, 1.165) is 28.9 Å². The summed E-state index contributed by atoms with van der Waals surface area (Å²) in [7, 11) is 0. The van der Waals surface area contributed by atoms with Crippen LogP contribution < -0.4 is 10.5 Å². The highest BCUT2D eigenvalue weighted by atomic mass is 35.5. The van der Waals surface area contributed by atoms with Crippen molar-refractivity contribution in [3.63, 3.8) is 0 Å². The topological polar surface area (TPSA) is 35.2 Å². The van der Waals surface area contributed by atoms with Gasteiger partial charge in [0.2, 0.25) is 0 Å². The Hall–Kier alpha value is -1.22. The molecule has 0 spiro atoms. The normalized spacial score (nSPS) is 17.1. The maximum Gasteiger partial charge on any atom is 0.131 e. The molecule has 98 valence electrons. The zero-order chi connectivity index (χ0) is 13.4. The summed E-state index contributed by atoms with van der Waals surface area (Å²) < 4.78 is 5.91. The van der Waals surface area contributed by atoms with E-state index in [9.17, 15) is 0 Å². The van der Waals surface area contributed by atoms with Crippen LogP contribution in [0.2, 0.25) is 10.0 Å². The minimum absolute atomic E-state index is 0.0229. The van der Waals surface area contributed by atoms with Crippen LogP contribution in [0, 0.1) is 0 Å². The molecule has 1 atom stereocenters. The second kappa shape index (κ2) is 5.04. The van der Waals surface area contributed by atoms with Crippen molar-refractivity contribution < 1.29 is 4.74 Å². The molecule has 3 rings (SSSR count). The van der Waals surface area contributed by atoms with Crippen molar-refractivity contribution in [2.24, 2.45) is 5.73 Å². The predicted molar refractivity (Wildman–Crippen MR) is 79.1 cm³/mol. The molecule has 0 aliphatic carbocycles. The average molecular weight is 294 g/mol. The minimum atomic E-state index is 0.0229. The third-order valence-electron chi connectivity index (χ3n) is 3.29. The Morgan fingerprint density at radius 1 is 1.16 bits per heavy atom. The van der Waals surface area contributed by atoms with Crippen molar-refractivity contribution in [3.05, 3.63) is 52.0 Å². The van der Waals surface area contributed by atoms with E-state index in [0.29, 0.717) is 16.6 Å². The zero-order valence-corrected chi connectivity index (χ0v) is 11.7. The first-order valence-electron chi connectivity index (χ1n) is 6.13. The van der Waals surface area contributed by atoms with Crippen LogP contribution in [0.5, 0.6) is 5.75 Å².